The third-order valence-electron chi connectivity index (χ3n) is 1.45. The molecular weight excluding hydrogens is 178 g/mol. The highest BCUT2D eigenvalue weighted by molar-refractivity contribution is 7.85. The fraction of sp³-hybridized carbons (Fsp3) is 0.286. The van der Waals surface area contributed by atoms with Gasteiger partial charge in [-0.2, -0.15) is 0 Å². The second-order valence-electron chi connectivity index (χ2n) is 2.26. The first-order valence-corrected chi connectivity index (χ1v) is 4.86. The smallest absolute Gasteiger partial charge is 0.126 e. The maximum atomic E-state index is 10.6. The molecule has 0 atom stereocenters. The van der Waals surface area contributed by atoms with Crippen molar-refractivity contribution in [3.05, 3.63) is 24.0 Å². The van der Waals surface area contributed by atoms with Crippen molar-refractivity contribution >= 4 is 10.1 Å². The van der Waals surface area contributed by atoms with Gasteiger partial charge in [0.1, 0.15) is 10.1 Å². The Kier molecular flexibility index (Phi) is 2.44. The molecule has 0 bridgehead atoms. The van der Waals surface area contributed by atoms with Crippen LogP contribution in [-0.2, 0) is 16.5 Å². The second-order valence-corrected chi connectivity index (χ2v) is 3.60. The Hall–Kier alpha value is -0.940. The van der Waals surface area contributed by atoms with E-state index in [1.807, 2.05) is 0 Å². The lowest BCUT2D eigenvalue weighted by atomic mass is 10.3. The number of nitrogens with zero attached hydrogens (tertiary/aromatic N) is 1. The van der Waals surface area contributed by atoms with Crippen LogP contribution in [0, 0.1) is 0 Å². The Morgan fingerprint density at radius 1 is 1.58 bits per heavy atom. The molecule has 1 aromatic rings. The largest absolute Gasteiger partial charge is 0.744 e. The zero-order valence-electron chi connectivity index (χ0n) is 6.52. The van der Waals surface area contributed by atoms with Crippen LogP contribution in [0.1, 0.15) is 12.6 Å². The minimum Gasteiger partial charge on any atom is -0.744 e. The van der Waals surface area contributed by atoms with E-state index in [1.54, 1.807) is 6.92 Å². The van der Waals surface area contributed by atoms with Crippen molar-refractivity contribution in [2.45, 2.75) is 18.2 Å². The lowest BCUT2D eigenvalue weighted by Crippen LogP contribution is -2.04. The van der Waals surface area contributed by atoms with Crippen molar-refractivity contribution in [1.82, 2.24) is 4.98 Å². The first-order valence-electron chi connectivity index (χ1n) is 3.45. The number of hydrogen-bond donors (Lipinski definition) is 0. The van der Waals surface area contributed by atoms with Gasteiger partial charge >= 0.3 is 0 Å². The maximum Gasteiger partial charge on any atom is 0.126 e. The first kappa shape index (κ1) is 9.15. The predicted molar refractivity (Wildman–Crippen MR) is 41.6 cm³/mol. The third kappa shape index (κ3) is 1.80. The van der Waals surface area contributed by atoms with Crippen LogP contribution >= 0.6 is 0 Å². The number of rotatable bonds is 2. The molecule has 0 amide bonds. The van der Waals surface area contributed by atoms with Gasteiger partial charge in [0.15, 0.2) is 0 Å². The number of aromatic nitrogens is 1. The lowest BCUT2D eigenvalue weighted by molar-refractivity contribution is 0.461. The van der Waals surface area contributed by atoms with Crippen LogP contribution in [0.25, 0.3) is 0 Å². The minimum absolute atomic E-state index is 0.215. The normalized spacial score (nSPS) is 11.5. The van der Waals surface area contributed by atoms with Crippen LogP contribution in [0.5, 0.6) is 0 Å². The molecule has 0 spiro atoms. The Bertz CT molecular complexity index is 372. The SMILES string of the molecule is CCc1ncccc1S(=O)(=O)[O-]. The van der Waals surface area contributed by atoms with E-state index in [0.29, 0.717) is 12.1 Å². The van der Waals surface area contributed by atoms with E-state index in [0.717, 1.165) is 0 Å². The van der Waals surface area contributed by atoms with E-state index >= 15 is 0 Å². The fourth-order valence-electron chi connectivity index (χ4n) is 0.916. The minimum atomic E-state index is -4.36. The van der Waals surface area contributed by atoms with Gasteiger partial charge in [-0.25, -0.2) is 8.42 Å². The van der Waals surface area contributed by atoms with E-state index in [9.17, 15) is 13.0 Å². The van der Waals surface area contributed by atoms with E-state index in [1.165, 1.54) is 18.3 Å². The molecule has 0 aliphatic heterocycles. The highest BCUT2D eigenvalue weighted by atomic mass is 32.2. The van der Waals surface area contributed by atoms with Gasteiger partial charge in [-0.05, 0) is 18.6 Å². The molecule has 66 valence electrons. The molecule has 1 heterocycles. The average Bonchev–Trinajstić information content (AvgIpc) is 2.03. The molecule has 0 saturated carbocycles. The molecule has 0 aliphatic rings. The Morgan fingerprint density at radius 3 is 2.67 bits per heavy atom. The summed E-state index contributed by atoms with van der Waals surface area (Å²) in [6.07, 6.45) is 1.91. The zero-order chi connectivity index (χ0) is 9.19. The summed E-state index contributed by atoms with van der Waals surface area (Å²) in [6.45, 7) is 1.75. The van der Waals surface area contributed by atoms with Gasteiger partial charge in [-0.3, -0.25) is 4.98 Å². The van der Waals surface area contributed by atoms with Crippen LogP contribution in [0.2, 0.25) is 0 Å². The van der Waals surface area contributed by atoms with E-state index in [4.69, 9.17) is 0 Å². The summed E-state index contributed by atoms with van der Waals surface area (Å²) in [7, 11) is -4.36. The molecule has 0 saturated heterocycles. The Labute approximate surface area is 71.0 Å². The van der Waals surface area contributed by atoms with Gasteiger partial charge in [-0.15, -0.1) is 0 Å². The van der Waals surface area contributed by atoms with Gasteiger partial charge in [0.2, 0.25) is 0 Å². The molecule has 0 unspecified atom stereocenters. The summed E-state index contributed by atoms with van der Waals surface area (Å²) in [5.41, 5.74) is 0.326. The molecule has 12 heavy (non-hydrogen) atoms. The van der Waals surface area contributed by atoms with Gasteiger partial charge < -0.3 is 4.55 Å². The molecule has 0 aliphatic carbocycles. The van der Waals surface area contributed by atoms with Crippen molar-refractivity contribution < 1.29 is 13.0 Å². The predicted octanol–water partition coefficient (Wildman–Crippen LogP) is 0.548. The van der Waals surface area contributed by atoms with E-state index in [-0.39, 0.29) is 4.90 Å². The molecule has 1 aromatic heterocycles. The van der Waals surface area contributed by atoms with Crippen LogP contribution < -0.4 is 0 Å². The topological polar surface area (TPSA) is 70.1 Å². The number of aryl methyl sites for hydroxylation is 1. The fourth-order valence-corrected chi connectivity index (χ4v) is 1.65. The summed E-state index contributed by atoms with van der Waals surface area (Å²) >= 11 is 0. The Balaban J connectivity index is 3.33. The molecule has 0 radical (unpaired) electrons. The van der Waals surface area contributed by atoms with Crippen molar-refractivity contribution in [3.63, 3.8) is 0 Å². The third-order valence-corrected chi connectivity index (χ3v) is 2.36. The highest BCUT2D eigenvalue weighted by Gasteiger charge is 2.06. The van der Waals surface area contributed by atoms with Gasteiger partial charge in [0, 0.05) is 6.20 Å². The summed E-state index contributed by atoms with van der Waals surface area (Å²) < 4.78 is 31.9. The molecule has 1 rings (SSSR count). The van der Waals surface area contributed by atoms with E-state index in [2.05, 4.69) is 4.98 Å². The first-order chi connectivity index (χ1) is 5.55. The van der Waals surface area contributed by atoms with Gasteiger partial charge in [0.05, 0.1) is 10.6 Å². The van der Waals surface area contributed by atoms with Crippen LogP contribution in [0.4, 0.5) is 0 Å². The van der Waals surface area contributed by atoms with Crippen LogP contribution in [-0.4, -0.2) is 18.0 Å². The van der Waals surface area contributed by atoms with Crippen LogP contribution in [0.15, 0.2) is 23.2 Å². The summed E-state index contributed by atoms with van der Waals surface area (Å²) in [5, 5.41) is 0. The highest BCUT2D eigenvalue weighted by Crippen LogP contribution is 2.11. The zero-order valence-corrected chi connectivity index (χ0v) is 7.34. The Morgan fingerprint density at radius 2 is 2.25 bits per heavy atom. The summed E-state index contributed by atoms with van der Waals surface area (Å²) in [5.74, 6) is 0. The van der Waals surface area contributed by atoms with Gasteiger partial charge in [0.25, 0.3) is 0 Å². The lowest BCUT2D eigenvalue weighted by Gasteiger charge is -2.09. The van der Waals surface area contributed by atoms with Gasteiger partial charge in [-0.1, -0.05) is 6.92 Å². The molecule has 4 nitrogen and oxygen atoms in total. The van der Waals surface area contributed by atoms with Crippen molar-refractivity contribution in [2.24, 2.45) is 0 Å². The molecule has 0 aromatic carbocycles. The monoisotopic (exact) mass is 186 g/mol. The summed E-state index contributed by atoms with van der Waals surface area (Å²) in [6, 6.07) is 2.71. The van der Waals surface area contributed by atoms with Crippen molar-refractivity contribution in [3.8, 4) is 0 Å². The van der Waals surface area contributed by atoms with Crippen molar-refractivity contribution in [1.29, 1.82) is 0 Å². The standard InChI is InChI=1S/C7H9NO3S/c1-2-6-7(12(9,10)11)4-3-5-8-6/h3-5H,2H2,1H3,(H,9,10,11)/p-1. The average molecular weight is 186 g/mol. The molecule has 0 N–H and O–H groups in total. The molecular formula is C7H8NO3S-. The summed E-state index contributed by atoms with van der Waals surface area (Å²) in [4.78, 5) is 3.57. The molecule has 5 heteroatoms. The number of hydrogen-bond acceptors (Lipinski definition) is 4. The quantitative estimate of drug-likeness (QED) is 0.632. The van der Waals surface area contributed by atoms with Crippen molar-refractivity contribution in [2.75, 3.05) is 0 Å². The number of pyridine rings is 1. The molecule has 0 fully saturated rings. The van der Waals surface area contributed by atoms with Crippen LogP contribution in [0.3, 0.4) is 0 Å². The second kappa shape index (κ2) is 3.20. The van der Waals surface area contributed by atoms with E-state index < -0.39 is 10.1 Å². The maximum absolute atomic E-state index is 10.6.